The summed E-state index contributed by atoms with van der Waals surface area (Å²) in [6.45, 7) is 19.2. The molecule has 0 heterocycles. The van der Waals surface area contributed by atoms with Crippen molar-refractivity contribution in [3.05, 3.63) is 29.3 Å². The van der Waals surface area contributed by atoms with Gasteiger partial charge >= 0.3 is 0 Å². The van der Waals surface area contributed by atoms with Gasteiger partial charge in [-0.15, -0.1) is 0 Å². The SMILES string of the molecule is CC(C)(C)c1cccc(C=N[C@H](CO)C(C)(C)C)c1O.CC(C)O.CC(C)O.[Ti]. The van der Waals surface area contributed by atoms with Gasteiger partial charge in [0.2, 0.25) is 0 Å². The molecule has 168 valence electrons. The van der Waals surface area contributed by atoms with E-state index in [1.807, 2.05) is 39.0 Å². The Bertz CT molecular complexity index is 562. The average Bonchev–Trinajstić information content (AvgIpc) is 2.45. The summed E-state index contributed by atoms with van der Waals surface area (Å²) in [4.78, 5) is 4.43. The van der Waals surface area contributed by atoms with E-state index < -0.39 is 0 Å². The van der Waals surface area contributed by atoms with Gasteiger partial charge in [-0.25, -0.2) is 0 Å². The fourth-order valence-corrected chi connectivity index (χ4v) is 1.99. The Labute approximate surface area is 193 Å². The van der Waals surface area contributed by atoms with E-state index in [9.17, 15) is 10.2 Å². The molecule has 1 aromatic carbocycles. The molecule has 1 atom stereocenters. The zero-order valence-electron chi connectivity index (χ0n) is 20.0. The molecule has 6 heteroatoms. The van der Waals surface area contributed by atoms with E-state index in [1.165, 1.54) is 0 Å². The van der Waals surface area contributed by atoms with Crippen molar-refractivity contribution < 1.29 is 42.1 Å². The van der Waals surface area contributed by atoms with Gasteiger partial charge in [-0.05, 0) is 50.2 Å². The van der Waals surface area contributed by atoms with Gasteiger partial charge in [0, 0.05) is 45.7 Å². The standard InChI is InChI=1S/C17H27NO2.2C3H8O.Ti/c1-16(2,3)13-9-7-8-12(15(13)20)10-18-14(11-19)17(4,5)6;2*1-3(2)4;/h7-10,14,19-20H,11H2,1-6H3;2*3-4H,1-2H3;/t14-;;;/m1.../s1. The van der Waals surface area contributed by atoms with Crippen LogP contribution in [0.15, 0.2) is 23.2 Å². The van der Waals surface area contributed by atoms with E-state index >= 15 is 0 Å². The van der Waals surface area contributed by atoms with Crippen molar-refractivity contribution in [1.29, 1.82) is 0 Å². The normalized spacial score (nSPS) is 12.7. The molecule has 0 saturated carbocycles. The number of aliphatic hydroxyl groups is 3. The molecular formula is C23H43NO4Ti. The number of aromatic hydroxyl groups is 1. The minimum Gasteiger partial charge on any atom is -0.507 e. The van der Waals surface area contributed by atoms with E-state index in [2.05, 4.69) is 25.8 Å². The Balaban J connectivity index is -0.000000640. The van der Waals surface area contributed by atoms with Crippen LogP contribution in [0.5, 0.6) is 5.75 Å². The fraction of sp³-hybridized carbons (Fsp3) is 0.696. The van der Waals surface area contributed by atoms with Gasteiger partial charge in [0.25, 0.3) is 0 Å². The molecule has 0 aliphatic carbocycles. The maximum atomic E-state index is 10.4. The number of para-hydroxylation sites is 1. The van der Waals surface area contributed by atoms with E-state index in [4.69, 9.17) is 10.2 Å². The van der Waals surface area contributed by atoms with Crippen molar-refractivity contribution in [2.75, 3.05) is 6.61 Å². The first-order valence-electron chi connectivity index (χ1n) is 9.86. The molecule has 0 spiro atoms. The number of phenolic OH excluding ortho intramolecular Hbond substituents is 1. The Kier molecular flexibility index (Phi) is 17.2. The van der Waals surface area contributed by atoms with Gasteiger partial charge in [-0.3, -0.25) is 4.99 Å². The van der Waals surface area contributed by atoms with Crippen LogP contribution in [0.1, 0.15) is 80.4 Å². The second kappa shape index (κ2) is 15.1. The summed E-state index contributed by atoms with van der Waals surface area (Å²) >= 11 is 0. The molecule has 0 amide bonds. The van der Waals surface area contributed by atoms with Gasteiger partial charge in [0.05, 0.1) is 12.6 Å². The van der Waals surface area contributed by atoms with Crippen LogP contribution >= 0.6 is 0 Å². The van der Waals surface area contributed by atoms with Crippen LogP contribution in [0.2, 0.25) is 0 Å². The van der Waals surface area contributed by atoms with Crippen molar-refractivity contribution in [2.24, 2.45) is 10.4 Å². The molecule has 0 radical (unpaired) electrons. The Morgan fingerprint density at radius 1 is 0.931 bits per heavy atom. The summed E-state index contributed by atoms with van der Waals surface area (Å²) in [5, 5.41) is 35.9. The molecule has 5 nitrogen and oxygen atoms in total. The van der Waals surface area contributed by atoms with E-state index in [0.29, 0.717) is 5.56 Å². The molecule has 0 unspecified atom stereocenters. The van der Waals surface area contributed by atoms with Crippen LogP contribution in [0.25, 0.3) is 0 Å². The second-order valence-corrected chi connectivity index (χ2v) is 9.52. The smallest absolute Gasteiger partial charge is 0.128 e. The number of phenols is 1. The van der Waals surface area contributed by atoms with Crippen molar-refractivity contribution >= 4 is 6.21 Å². The number of aliphatic hydroxyl groups excluding tert-OH is 3. The minimum atomic E-state index is -0.180. The molecule has 1 aromatic rings. The number of aliphatic imine (C=N–C) groups is 1. The van der Waals surface area contributed by atoms with Crippen LogP contribution in [-0.4, -0.2) is 51.5 Å². The van der Waals surface area contributed by atoms with Crippen LogP contribution in [-0.2, 0) is 27.1 Å². The van der Waals surface area contributed by atoms with Crippen LogP contribution in [0, 0.1) is 5.41 Å². The Hall–Kier alpha value is -0.716. The molecule has 0 fully saturated rings. The molecule has 0 bridgehead atoms. The number of rotatable bonds is 3. The molecule has 0 aliphatic heterocycles. The first-order valence-corrected chi connectivity index (χ1v) is 9.86. The van der Waals surface area contributed by atoms with Crippen molar-refractivity contribution in [1.82, 2.24) is 0 Å². The van der Waals surface area contributed by atoms with Crippen molar-refractivity contribution in [2.45, 2.75) is 92.9 Å². The van der Waals surface area contributed by atoms with Crippen LogP contribution in [0.4, 0.5) is 0 Å². The summed E-state index contributed by atoms with van der Waals surface area (Å²) in [5.74, 6) is 0.273. The average molecular weight is 445 g/mol. The van der Waals surface area contributed by atoms with E-state index in [1.54, 1.807) is 33.9 Å². The van der Waals surface area contributed by atoms with Gasteiger partial charge in [0.1, 0.15) is 5.75 Å². The van der Waals surface area contributed by atoms with Crippen LogP contribution in [0.3, 0.4) is 0 Å². The van der Waals surface area contributed by atoms with E-state index in [0.717, 1.165) is 5.56 Å². The second-order valence-electron chi connectivity index (χ2n) is 9.52. The Morgan fingerprint density at radius 2 is 1.34 bits per heavy atom. The summed E-state index contributed by atoms with van der Waals surface area (Å²) in [6.07, 6.45) is 1.33. The molecule has 4 N–H and O–H groups in total. The maximum absolute atomic E-state index is 10.4. The third kappa shape index (κ3) is 16.7. The Morgan fingerprint density at radius 3 is 1.66 bits per heavy atom. The predicted molar refractivity (Wildman–Crippen MR) is 119 cm³/mol. The minimum absolute atomic E-state index is 0. The molecule has 0 aromatic heterocycles. The number of benzene rings is 1. The monoisotopic (exact) mass is 445 g/mol. The number of hydrogen-bond acceptors (Lipinski definition) is 5. The summed E-state index contributed by atoms with van der Waals surface area (Å²) < 4.78 is 0. The van der Waals surface area contributed by atoms with Gasteiger partial charge < -0.3 is 20.4 Å². The number of nitrogens with zero attached hydrogens (tertiary/aromatic N) is 1. The fourth-order valence-electron chi connectivity index (χ4n) is 1.99. The zero-order chi connectivity index (χ0) is 22.7. The van der Waals surface area contributed by atoms with Crippen molar-refractivity contribution in [3.63, 3.8) is 0 Å². The summed E-state index contributed by atoms with van der Waals surface area (Å²) in [6, 6.07) is 5.51. The van der Waals surface area contributed by atoms with Crippen LogP contribution < -0.4 is 0 Å². The quantitative estimate of drug-likeness (QED) is 0.413. The predicted octanol–water partition coefficient (Wildman–Crippen LogP) is 4.29. The topological polar surface area (TPSA) is 93.3 Å². The zero-order valence-corrected chi connectivity index (χ0v) is 21.5. The summed E-state index contributed by atoms with van der Waals surface area (Å²) in [5.41, 5.74) is 1.37. The van der Waals surface area contributed by atoms with E-state index in [-0.39, 0.29) is 63.2 Å². The first kappa shape index (κ1) is 32.9. The van der Waals surface area contributed by atoms with Crippen molar-refractivity contribution in [3.8, 4) is 5.75 Å². The molecule has 0 aliphatic rings. The first-order chi connectivity index (χ1) is 12.5. The third-order valence-corrected chi connectivity index (χ3v) is 3.44. The molecular weight excluding hydrogens is 402 g/mol. The van der Waals surface area contributed by atoms with Gasteiger partial charge in [-0.2, -0.15) is 0 Å². The molecule has 29 heavy (non-hydrogen) atoms. The third-order valence-electron chi connectivity index (χ3n) is 3.44. The van der Waals surface area contributed by atoms with Gasteiger partial charge in [-0.1, -0.05) is 53.7 Å². The number of hydrogen-bond donors (Lipinski definition) is 4. The van der Waals surface area contributed by atoms with Gasteiger partial charge in [0.15, 0.2) is 0 Å². The molecule has 1 rings (SSSR count). The molecule has 0 saturated heterocycles. The maximum Gasteiger partial charge on any atom is 0.128 e. The summed E-state index contributed by atoms with van der Waals surface area (Å²) in [7, 11) is 0. The largest absolute Gasteiger partial charge is 0.507 e.